The molecule has 0 bridgehead atoms. The van der Waals surface area contributed by atoms with Gasteiger partial charge in [0.2, 0.25) is 0 Å². The molecule has 138 valence electrons. The van der Waals surface area contributed by atoms with E-state index in [1.165, 1.54) is 18.2 Å². The first-order valence-corrected chi connectivity index (χ1v) is 8.54. The third kappa shape index (κ3) is 2.74. The van der Waals surface area contributed by atoms with Gasteiger partial charge in [0.05, 0.1) is 12.2 Å². The van der Waals surface area contributed by atoms with Gasteiger partial charge < -0.3 is 9.84 Å². The van der Waals surface area contributed by atoms with Gasteiger partial charge in [0.1, 0.15) is 5.60 Å². The fraction of sp³-hybridized carbons (Fsp3) is 0.182. The van der Waals surface area contributed by atoms with Crippen LogP contribution in [0.25, 0.3) is 0 Å². The number of epoxide rings is 1. The molecule has 0 amide bonds. The van der Waals surface area contributed by atoms with Crippen molar-refractivity contribution in [1.29, 1.82) is 0 Å². The molecule has 1 heterocycles. The maximum absolute atomic E-state index is 13.7. The molecule has 1 aliphatic rings. The molecule has 0 spiro atoms. The summed E-state index contributed by atoms with van der Waals surface area (Å²) in [5.74, 6) is 0. The van der Waals surface area contributed by atoms with Crippen LogP contribution in [0.15, 0.2) is 84.9 Å². The van der Waals surface area contributed by atoms with Crippen molar-refractivity contribution in [3.05, 3.63) is 107 Å². The number of halogens is 3. The summed E-state index contributed by atoms with van der Waals surface area (Å²) < 4.78 is 46.6. The fourth-order valence-corrected chi connectivity index (χ4v) is 3.71. The van der Waals surface area contributed by atoms with E-state index in [-0.39, 0.29) is 12.2 Å². The van der Waals surface area contributed by atoms with Crippen molar-refractivity contribution in [2.45, 2.75) is 17.4 Å². The van der Waals surface area contributed by atoms with Gasteiger partial charge in [-0.3, -0.25) is 0 Å². The maximum atomic E-state index is 13.7. The van der Waals surface area contributed by atoms with Gasteiger partial charge in [0.15, 0.2) is 5.60 Å². The highest BCUT2D eigenvalue weighted by Crippen LogP contribution is 2.57. The first kappa shape index (κ1) is 17.8. The molecule has 3 aromatic carbocycles. The number of hydrogen-bond acceptors (Lipinski definition) is 2. The third-order valence-electron chi connectivity index (χ3n) is 5.07. The fourth-order valence-electron chi connectivity index (χ4n) is 3.71. The van der Waals surface area contributed by atoms with E-state index in [1.807, 2.05) is 0 Å². The van der Waals surface area contributed by atoms with Gasteiger partial charge in [-0.05, 0) is 17.2 Å². The minimum atomic E-state index is -4.55. The molecule has 0 aliphatic carbocycles. The summed E-state index contributed by atoms with van der Waals surface area (Å²) >= 11 is 0. The summed E-state index contributed by atoms with van der Waals surface area (Å²) in [6.45, 7) is -0.0135. The van der Waals surface area contributed by atoms with Crippen LogP contribution in [0.4, 0.5) is 13.2 Å². The smallest absolute Gasteiger partial charge is 0.377 e. The van der Waals surface area contributed by atoms with Gasteiger partial charge in [0.25, 0.3) is 0 Å². The molecule has 1 fully saturated rings. The minimum Gasteiger partial charge on any atom is -0.377 e. The monoisotopic (exact) mass is 370 g/mol. The highest BCUT2D eigenvalue weighted by Gasteiger charge is 2.65. The lowest BCUT2D eigenvalue weighted by Crippen LogP contribution is -2.43. The number of alkyl halides is 3. The summed E-state index contributed by atoms with van der Waals surface area (Å²) in [7, 11) is 0. The van der Waals surface area contributed by atoms with Gasteiger partial charge in [-0.25, -0.2) is 0 Å². The Bertz CT molecular complexity index is 893. The van der Waals surface area contributed by atoms with E-state index < -0.39 is 22.9 Å². The molecule has 1 saturated heterocycles. The van der Waals surface area contributed by atoms with Crippen molar-refractivity contribution >= 4 is 0 Å². The molecule has 0 radical (unpaired) electrons. The number of aliphatic hydroxyl groups is 1. The lowest BCUT2D eigenvalue weighted by atomic mass is 9.72. The van der Waals surface area contributed by atoms with Crippen LogP contribution in [0.3, 0.4) is 0 Å². The summed E-state index contributed by atoms with van der Waals surface area (Å²) in [4.78, 5) is 0. The average Bonchev–Trinajstić information content (AvgIpc) is 3.50. The van der Waals surface area contributed by atoms with Crippen LogP contribution in [0.1, 0.15) is 22.3 Å². The maximum Gasteiger partial charge on any atom is 0.416 e. The predicted molar refractivity (Wildman–Crippen MR) is 95.0 cm³/mol. The van der Waals surface area contributed by atoms with E-state index in [0.29, 0.717) is 11.1 Å². The van der Waals surface area contributed by atoms with E-state index in [0.717, 1.165) is 6.07 Å². The number of ether oxygens (including phenoxy) is 1. The molecular formula is C22H17F3O2. The van der Waals surface area contributed by atoms with Crippen LogP contribution in [-0.4, -0.2) is 11.7 Å². The lowest BCUT2D eigenvalue weighted by molar-refractivity contribution is -0.140. The zero-order valence-corrected chi connectivity index (χ0v) is 14.3. The highest BCUT2D eigenvalue weighted by atomic mass is 19.4. The normalized spacial score (nSPS) is 19.7. The molecule has 2 nitrogen and oxygen atoms in total. The Kier molecular flexibility index (Phi) is 4.09. The van der Waals surface area contributed by atoms with Crippen molar-refractivity contribution in [1.82, 2.24) is 0 Å². The summed E-state index contributed by atoms with van der Waals surface area (Å²) in [6.07, 6.45) is -4.55. The Morgan fingerprint density at radius 2 is 1.19 bits per heavy atom. The molecule has 1 aliphatic heterocycles. The SMILES string of the molecule is OC(c1ccccc1)(c1ccccc1)C1(c2ccccc2C(F)(F)F)CO1. The van der Waals surface area contributed by atoms with Crippen molar-refractivity contribution in [3.63, 3.8) is 0 Å². The molecule has 1 N–H and O–H groups in total. The Balaban J connectivity index is 1.98. The quantitative estimate of drug-likeness (QED) is 0.665. The molecule has 0 saturated carbocycles. The first-order chi connectivity index (χ1) is 12.9. The Morgan fingerprint density at radius 3 is 1.63 bits per heavy atom. The number of benzene rings is 3. The summed E-state index contributed by atoms with van der Waals surface area (Å²) in [5.41, 5.74) is -3.18. The first-order valence-electron chi connectivity index (χ1n) is 8.54. The predicted octanol–water partition coefficient (Wildman–Crippen LogP) is 4.87. The van der Waals surface area contributed by atoms with Crippen LogP contribution in [0, 0.1) is 0 Å². The lowest BCUT2D eigenvalue weighted by Gasteiger charge is -2.36. The van der Waals surface area contributed by atoms with Crippen molar-refractivity contribution in [2.24, 2.45) is 0 Å². The van der Waals surface area contributed by atoms with Crippen LogP contribution >= 0.6 is 0 Å². The molecular weight excluding hydrogens is 353 g/mol. The van der Waals surface area contributed by atoms with Crippen LogP contribution in [-0.2, 0) is 22.1 Å². The zero-order chi connectivity index (χ0) is 19.1. The minimum absolute atomic E-state index is 0.0135. The van der Waals surface area contributed by atoms with E-state index in [9.17, 15) is 18.3 Å². The second-order valence-electron chi connectivity index (χ2n) is 6.60. The average molecular weight is 370 g/mol. The number of hydrogen-bond donors (Lipinski definition) is 1. The van der Waals surface area contributed by atoms with Crippen LogP contribution in [0.2, 0.25) is 0 Å². The van der Waals surface area contributed by atoms with Gasteiger partial charge in [0, 0.05) is 5.56 Å². The molecule has 4 rings (SSSR count). The number of rotatable bonds is 4. The summed E-state index contributed by atoms with van der Waals surface area (Å²) in [5, 5.41) is 11.9. The Hall–Kier alpha value is -2.63. The van der Waals surface area contributed by atoms with Crippen molar-refractivity contribution < 1.29 is 23.0 Å². The second-order valence-corrected chi connectivity index (χ2v) is 6.60. The van der Waals surface area contributed by atoms with E-state index in [2.05, 4.69) is 0 Å². The van der Waals surface area contributed by atoms with Gasteiger partial charge >= 0.3 is 6.18 Å². The van der Waals surface area contributed by atoms with Crippen molar-refractivity contribution in [2.75, 3.05) is 6.61 Å². The topological polar surface area (TPSA) is 32.8 Å². The molecule has 1 atom stereocenters. The third-order valence-corrected chi connectivity index (χ3v) is 5.07. The summed E-state index contributed by atoms with van der Waals surface area (Å²) in [6, 6.07) is 22.6. The molecule has 5 heteroatoms. The van der Waals surface area contributed by atoms with Gasteiger partial charge in [-0.2, -0.15) is 13.2 Å². The molecule has 1 unspecified atom stereocenters. The Labute approximate surface area is 154 Å². The zero-order valence-electron chi connectivity index (χ0n) is 14.3. The van der Waals surface area contributed by atoms with Crippen molar-refractivity contribution in [3.8, 4) is 0 Å². The van der Waals surface area contributed by atoms with E-state index in [4.69, 9.17) is 4.74 Å². The van der Waals surface area contributed by atoms with Crippen LogP contribution in [0.5, 0.6) is 0 Å². The van der Waals surface area contributed by atoms with Gasteiger partial charge in [-0.1, -0.05) is 78.9 Å². The standard InChI is InChI=1S/C22H17F3O2/c23-22(24,25)19-14-8-7-13-18(19)20(15-27-20)21(26,16-9-3-1-4-10-16)17-11-5-2-6-12-17/h1-14,26H,15H2. The molecule has 3 aromatic rings. The van der Waals surface area contributed by atoms with E-state index in [1.54, 1.807) is 60.7 Å². The van der Waals surface area contributed by atoms with E-state index >= 15 is 0 Å². The Morgan fingerprint density at radius 1 is 0.741 bits per heavy atom. The highest BCUT2D eigenvalue weighted by molar-refractivity contribution is 5.49. The second kappa shape index (κ2) is 6.22. The molecule has 0 aromatic heterocycles. The van der Waals surface area contributed by atoms with Gasteiger partial charge in [-0.15, -0.1) is 0 Å². The van der Waals surface area contributed by atoms with Crippen LogP contribution < -0.4 is 0 Å². The molecule has 27 heavy (non-hydrogen) atoms. The largest absolute Gasteiger partial charge is 0.416 e.